The normalized spacial score (nSPS) is 10.9. The van der Waals surface area contributed by atoms with Gasteiger partial charge in [-0.25, -0.2) is 14.1 Å². The molecule has 0 spiro atoms. The van der Waals surface area contributed by atoms with Crippen molar-refractivity contribution in [2.45, 2.75) is 33.7 Å². The minimum absolute atomic E-state index is 0.274. The highest BCUT2D eigenvalue weighted by Crippen LogP contribution is 2.19. The fraction of sp³-hybridized carbons (Fsp3) is 0.429. The van der Waals surface area contributed by atoms with Crippen molar-refractivity contribution in [3.8, 4) is 5.69 Å². The van der Waals surface area contributed by atoms with E-state index in [4.69, 9.17) is 0 Å². The Labute approximate surface area is 112 Å². The number of para-hydroxylation sites is 1. The molecule has 0 aliphatic carbocycles. The number of aryl methyl sites for hydroxylation is 2. The SMILES string of the molecule is CCCNCc1cccc(F)c1-n1nc(C)nc1C. The molecular formula is C14H19FN4. The molecule has 0 unspecified atom stereocenters. The molecule has 0 aliphatic rings. The molecule has 5 heteroatoms. The van der Waals surface area contributed by atoms with Gasteiger partial charge >= 0.3 is 0 Å². The maximum Gasteiger partial charge on any atom is 0.149 e. The standard InChI is InChI=1S/C14H19FN4/c1-4-8-16-9-12-6-5-7-13(15)14(12)19-11(3)17-10(2)18-19/h5-7,16H,4,8-9H2,1-3H3. The summed E-state index contributed by atoms with van der Waals surface area (Å²) in [5, 5.41) is 7.55. The van der Waals surface area contributed by atoms with Crippen LogP contribution >= 0.6 is 0 Å². The molecule has 102 valence electrons. The van der Waals surface area contributed by atoms with E-state index in [9.17, 15) is 4.39 Å². The zero-order chi connectivity index (χ0) is 13.8. The van der Waals surface area contributed by atoms with Crippen LogP contribution in [0.15, 0.2) is 18.2 Å². The molecule has 2 aromatic rings. The van der Waals surface area contributed by atoms with Gasteiger partial charge in [-0.2, -0.15) is 5.10 Å². The predicted molar refractivity (Wildman–Crippen MR) is 72.8 cm³/mol. The summed E-state index contributed by atoms with van der Waals surface area (Å²) >= 11 is 0. The summed E-state index contributed by atoms with van der Waals surface area (Å²) in [6.45, 7) is 7.27. The first-order chi connectivity index (χ1) is 9.13. The summed E-state index contributed by atoms with van der Waals surface area (Å²) in [5.74, 6) is 1.07. The minimum Gasteiger partial charge on any atom is -0.313 e. The topological polar surface area (TPSA) is 42.7 Å². The van der Waals surface area contributed by atoms with E-state index < -0.39 is 0 Å². The molecule has 0 fully saturated rings. The van der Waals surface area contributed by atoms with Gasteiger partial charge in [-0.05, 0) is 38.4 Å². The maximum absolute atomic E-state index is 14.1. The monoisotopic (exact) mass is 262 g/mol. The van der Waals surface area contributed by atoms with Gasteiger partial charge in [0.2, 0.25) is 0 Å². The van der Waals surface area contributed by atoms with Crippen molar-refractivity contribution in [2.24, 2.45) is 0 Å². The molecule has 1 N–H and O–H groups in total. The summed E-state index contributed by atoms with van der Waals surface area (Å²) in [7, 11) is 0. The Morgan fingerprint density at radius 3 is 2.74 bits per heavy atom. The van der Waals surface area contributed by atoms with Gasteiger partial charge in [-0.1, -0.05) is 19.1 Å². The number of nitrogens with zero attached hydrogens (tertiary/aromatic N) is 3. The number of hydrogen-bond donors (Lipinski definition) is 1. The van der Waals surface area contributed by atoms with Crippen LogP contribution in [0.3, 0.4) is 0 Å². The van der Waals surface area contributed by atoms with E-state index in [-0.39, 0.29) is 5.82 Å². The van der Waals surface area contributed by atoms with Gasteiger partial charge in [0.15, 0.2) is 0 Å². The first-order valence-corrected chi connectivity index (χ1v) is 6.52. The third-order valence-corrected chi connectivity index (χ3v) is 2.90. The number of halogens is 1. The van der Waals surface area contributed by atoms with Crippen LogP contribution in [0.25, 0.3) is 5.69 Å². The molecule has 0 atom stereocenters. The highest BCUT2D eigenvalue weighted by Gasteiger charge is 2.14. The third kappa shape index (κ3) is 2.98. The smallest absolute Gasteiger partial charge is 0.149 e. The largest absolute Gasteiger partial charge is 0.313 e. The molecule has 1 heterocycles. The van der Waals surface area contributed by atoms with E-state index in [1.165, 1.54) is 6.07 Å². The lowest BCUT2D eigenvalue weighted by Gasteiger charge is -2.12. The van der Waals surface area contributed by atoms with E-state index in [1.54, 1.807) is 17.7 Å². The Bertz CT molecular complexity index is 563. The Morgan fingerprint density at radius 2 is 2.11 bits per heavy atom. The molecule has 0 amide bonds. The Kier molecular flexibility index (Phi) is 4.27. The quantitative estimate of drug-likeness (QED) is 0.842. The number of hydrogen-bond acceptors (Lipinski definition) is 3. The number of aromatic nitrogens is 3. The van der Waals surface area contributed by atoms with Crippen LogP contribution in [0.1, 0.15) is 30.6 Å². The van der Waals surface area contributed by atoms with Crippen molar-refractivity contribution in [1.29, 1.82) is 0 Å². The van der Waals surface area contributed by atoms with Crippen molar-refractivity contribution in [3.05, 3.63) is 41.2 Å². The summed E-state index contributed by atoms with van der Waals surface area (Å²) in [6, 6.07) is 5.09. The molecule has 2 rings (SSSR count). The number of nitrogens with one attached hydrogen (secondary N) is 1. The molecule has 1 aromatic carbocycles. The summed E-state index contributed by atoms with van der Waals surface area (Å²) in [5.41, 5.74) is 1.38. The van der Waals surface area contributed by atoms with Crippen molar-refractivity contribution < 1.29 is 4.39 Å². The second-order valence-corrected chi connectivity index (χ2v) is 4.54. The first kappa shape index (κ1) is 13.7. The highest BCUT2D eigenvalue weighted by atomic mass is 19.1. The van der Waals surface area contributed by atoms with Gasteiger partial charge in [0.25, 0.3) is 0 Å². The van der Waals surface area contributed by atoms with Crippen molar-refractivity contribution in [1.82, 2.24) is 20.1 Å². The molecule has 0 radical (unpaired) electrons. The zero-order valence-electron chi connectivity index (χ0n) is 11.6. The second-order valence-electron chi connectivity index (χ2n) is 4.54. The van der Waals surface area contributed by atoms with Crippen LogP contribution in [0.2, 0.25) is 0 Å². The molecule has 19 heavy (non-hydrogen) atoms. The average molecular weight is 262 g/mol. The van der Waals surface area contributed by atoms with Gasteiger partial charge in [-0.3, -0.25) is 0 Å². The van der Waals surface area contributed by atoms with Gasteiger partial charge in [0.1, 0.15) is 23.2 Å². The molecule has 4 nitrogen and oxygen atoms in total. The summed E-state index contributed by atoms with van der Waals surface area (Å²) in [6.07, 6.45) is 1.05. The van der Waals surface area contributed by atoms with Gasteiger partial charge in [-0.15, -0.1) is 0 Å². The lowest BCUT2D eigenvalue weighted by Crippen LogP contribution is -2.17. The van der Waals surface area contributed by atoms with Crippen molar-refractivity contribution in [2.75, 3.05) is 6.54 Å². The molecule has 0 saturated carbocycles. The molecule has 0 aliphatic heterocycles. The van der Waals surface area contributed by atoms with E-state index in [0.29, 0.717) is 23.9 Å². The van der Waals surface area contributed by atoms with Gasteiger partial charge in [0, 0.05) is 6.54 Å². The fourth-order valence-corrected chi connectivity index (χ4v) is 2.07. The van der Waals surface area contributed by atoms with Crippen LogP contribution < -0.4 is 5.32 Å². The second kappa shape index (κ2) is 5.93. The van der Waals surface area contributed by atoms with E-state index in [0.717, 1.165) is 18.5 Å². The lowest BCUT2D eigenvalue weighted by molar-refractivity contribution is 0.596. The third-order valence-electron chi connectivity index (χ3n) is 2.90. The van der Waals surface area contributed by atoms with Crippen LogP contribution in [-0.2, 0) is 6.54 Å². The average Bonchev–Trinajstić information content (AvgIpc) is 2.69. The highest BCUT2D eigenvalue weighted by molar-refractivity contribution is 5.42. The van der Waals surface area contributed by atoms with Gasteiger partial charge in [0.05, 0.1) is 0 Å². The Hall–Kier alpha value is -1.75. The zero-order valence-corrected chi connectivity index (χ0v) is 11.6. The van der Waals surface area contributed by atoms with E-state index in [1.807, 2.05) is 13.0 Å². The number of rotatable bonds is 5. The Morgan fingerprint density at radius 1 is 1.32 bits per heavy atom. The fourth-order valence-electron chi connectivity index (χ4n) is 2.07. The minimum atomic E-state index is -0.274. The molecular weight excluding hydrogens is 243 g/mol. The number of benzene rings is 1. The lowest BCUT2D eigenvalue weighted by atomic mass is 10.1. The first-order valence-electron chi connectivity index (χ1n) is 6.52. The maximum atomic E-state index is 14.1. The Balaban J connectivity index is 2.40. The summed E-state index contributed by atoms with van der Waals surface area (Å²) < 4.78 is 15.7. The van der Waals surface area contributed by atoms with Crippen LogP contribution in [0, 0.1) is 19.7 Å². The van der Waals surface area contributed by atoms with E-state index in [2.05, 4.69) is 22.3 Å². The van der Waals surface area contributed by atoms with E-state index >= 15 is 0 Å². The van der Waals surface area contributed by atoms with Crippen LogP contribution in [0.5, 0.6) is 0 Å². The van der Waals surface area contributed by atoms with Crippen LogP contribution in [-0.4, -0.2) is 21.3 Å². The predicted octanol–water partition coefficient (Wildman–Crippen LogP) is 2.52. The van der Waals surface area contributed by atoms with Crippen molar-refractivity contribution in [3.63, 3.8) is 0 Å². The molecule has 1 aromatic heterocycles. The van der Waals surface area contributed by atoms with Gasteiger partial charge < -0.3 is 5.32 Å². The molecule has 0 bridgehead atoms. The summed E-state index contributed by atoms with van der Waals surface area (Å²) in [4.78, 5) is 4.23. The van der Waals surface area contributed by atoms with Crippen LogP contribution in [0.4, 0.5) is 4.39 Å². The molecule has 0 saturated heterocycles. The van der Waals surface area contributed by atoms with Crippen molar-refractivity contribution >= 4 is 0 Å².